The number of carbonyl (C=O) groups is 2. The van der Waals surface area contributed by atoms with Crippen molar-refractivity contribution in [2.75, 3.05) is 11.9 Å². The highest BCUT2D eigenvalue weighted by atomic mass is 32.1. The first-order valence-electron chi connectivity index (χ1n) is 7.81. The molecular formula is C16H24N2O3S. The van der Waals surface area contributed by atoms with E-state index in [0.717, 1.165) is 24.8 Å². The van der Waals surface area contributed by atoms with Gasteiger partial charge in [-0.05, 0) is 51.5 Å². The van der Waals surface area contributed by atoms with E-state index in [2.05, 4.69) is 17.6 Å². The van der Waals surface area contributed by atoms with Crippen LogP contribution in [0.3, 0.4) is 0 Å². The Labute approximate surface area is 135 Å². The summed E-state index contributed by atoms with van der Waals surface area (Å²) in [6.07, 6.45) is 2.89. The van der Waals surface area contributed by atoms with Gasteiger partial charge in [-0.3, -0.25) is 5.32 Å². The average Bonchev–Trinajstić information content (AvgIpc) is 2.74. The fourth-order valence-electron chi connectivity index (χ4n) is 2.66. The van der Waals surface area contributed by atoms with E-state index >= 15 is 0 Å². The van der Waals surface area contributed by atoms with Gasteiger partial charge in [-0.15, -0.1) is 11.3 Å². The van der Waals surface area contributed by atoms with Crippen LogP contribution in [0.1, 0.15) is 54.9 Å². The van der Waals surface area contributed by atoms with Crippen LogP contribution >= 0.6 is 11.3 Å². The van der Waals surface area contributed by atoms with Crippen LogP contribution in [0.2, 0.25) is 0 Å². The van der Waals surface area contributed by atoms with E-state index < -0.39 is 0 Å². The monoisotopic (exact) mass is 324 g/mol. The number of amides is 2. The molecule has 0 saturated heterocycles. The number of fused-ring (bicyclic) bond motifs is 1. The minimum Gasteiger partial charge on any atom is -0.462 e. The maximum atomic E-state index is 12.3. The summed E-state index contributed by atoms with van der Waals surface area (Å²) in [4.78, 5) is 25.5. The smallest absolute Gasteiger partial charge is 0.341 e. The summed E-state index contributed by atoms with van der Waals surface area (Å²) in [5, 5.41) is 6.21. The molecular weight excluding hydrogens is 300 g/mol. The topological polar surface area (TPSA) is 67.4 Å². The van der Waals surface area contributed by atoms with Gasteiger partial charge < -0.3 is 10.1 Å². The van der Waals surface area contributed by atoms with E-state index in [1.165, 1.54) is 16.2 Å². The number of nitrogens with one attached hydrogen (secondary N) is 2. The molecule has 0 aromatic carbocycles. The van der Waals surface area contributed by atoms with Gasteiger partial charge in [0.15, 0.2) is 0 Å². The molecule has 122 valence electrons. The first-order chi connectivity index (χ1) is 10.4. The van der Waals surface area contributed by atoms with Crippen LogP contribution in [0.4, 0.5) is 9.80 Å². The Kier molecular flexibility index (Phi) is 5.45. The van der Waals surface area contributed by atoms with Crippen LogP contribution in [-0.2, 0) is 17.6 Å². The van der Waals surface area contributed by atoms with E-state index in [9.17, 15) is 9.59 Å². The Bertz CT molecular complexity index is 566. The van der Waals surface area contributed by atoms with Gasteiger partial charge in [0.2, 0.25) is 0 Å². The van der Waals surface area contributed by atoms with E-state index in [4.69, 9.17) is 4.74 Å². The SMILES string of the molecule is CCOC(=O)c1c(NC(=O)NC(C)C)sc2c1CCC(C)C2. The summed E-state index contributed by atoms with van der Waals surface area (Å²) < 4.78 is 5.18. The fraction of sp³-hybridized carbons (Fsp3) is 0.625. The molecule has 1 aromatic rings. The molecule has 1 aliphatic rings. The molecule has 2 rings (SSSR count). The van der Waals surface area contributed by atoms with Crippen LogP contribution < -0.4 is 10.6 Å². The highest BCUT2D eigenvalue weighted by molar-refractivity contribution is 7.17. The molecule has 0 fully saturated rings. The quantitative estimate of drug-likeness (QED) is 0.832. The van der Waals surface area contributed by atoms with Crippen LogP contribution in [-0.4, -0.2) is 24.6 Å². The van der Waals surface area contributed by atoms with Gasteiger partial charge in [-0.1, -0.05) is 6.92 Å². The van der Waals surface area contributed by atoms with E-state index in [-0.39, 0.29) is 18.0 Å². The van der Waals surface area contributed by atoms with Crippen molar-refractivity contribution in [1.29, 1.82) is 0 Å². The Morgan fingerprint density at radius 2 is 2.14 bits per heavy atom. The van der Waals surface area contributed by atoms with Crippen molar-refractivity contribution in [3.63, 3.8) is 0 Å². The normalized spacial score (nSPS) is 17.0. The zero-order valence-electron chi connectivity index (χ0n) is 13.6. The molecule has 6 heteroatoms. The first kappa shape index (κ1) is 16.8. The molecule has 1 unspecified atom stereocenters. The largest absolute Gasteiger partial charge is 0.462 e. The maximum Gasteiger partial charge on any atom is 0.341 e. The van der Waals surface area contributed by atoms with Crippen molar-refractivity contribution in [1.82, 2.24) is 5.32 Å². The lowest BCUT2D eigenvalue weighted by Crippen LogP contribution is -2.34. The Morgan fingerprint density at radius 1 is 1.41 bits per heavy atom. The second-order valence-electron chi connectivity index (χ2n) is 6.03. The number of hydrogen-bond acceptors (Lipinski definition) is 4. The fourth-order valence-corrected chi connectivity index (χ4v) is 4.05. The zero-order valence-corrected chi connectivity index (χ0v) is 14.4. The van der Waals surface area contributed by atoms with Crippen LogP contribution in [0.25, 0.3) is 0 Å². The van der Waals surface area contributed by atoms with Crippen molar-refractivity contribution >= 4 is 28.3 Å². The van der Waals surface area contributed by atoms with Gasteiger partial charge in [0.1, 0.15) is 5.00 Å². The molecule has 0 aliphatic heterocycles. The number of ether oxygens (including phenoxy) is 1. The minimum absolute atomic E-state index is 0.0423. The van der Waals surface area contributed by atoms with Gasteiger partial charge in [0.05, 0.1) is 12.2 Å². The molecule has 1 heterocycles. The number of carbonyl (C=O) groups excluding carboxylic acids is 2. The van der Waals surface area contributed by atoms with Gasteiger partial charge in [-0.2, -0.15) is 0 Å². The minimum atomic E-state index is -0.339. The number of urea groups is 1. The number of rotatable bonds is 4. The zero-order chi connectivity index (χ0) is 16.3. The molecule has 0 bridgehead atoms. The Morgan fingerprint density at radius 3 is 2.77 bits per heavy atom. The first-order valence-corrected chi connectivity index (χ1v) is 8.63. The standard InChI is InChI=1S/C16H24N2O3S/c1-5-21-15(19)13-11-7-6-10(4)8-12(11)22-14(13)18-16(20)17-9(2)3/h9-10H,5-8H2,1-4H3,(H2,17,18,20). The molecule has 2 amide bonds. The predicted octanol–water partition coefficient (Wildman–Crippen LogP) is 3.58. The van der Waals surface area contributed by atoms with Crippen molar-refractivity contribution < 1.29 is 14.3 Å². The van der Waals surface area contributed by atoms with Gasteiger partial charge in [0.25, 0.3) is 0 Å². The maximum absolute atomic E-state index is 12.3. The van der Waals surface area contributed by atoms with Gasteiger partial charge >= 0.3 is 12.0 Å². The molecule has 2 N–H and O–H groups in total. The van der Waals surface area contributed by atoms with Gasteiger partial charge in [0, 0.05) is 10.9 Å². The Balaban J connectivity index is 2.31. The third-order valence-electron chi connectivity index (χ3n) is 3.64. The summed E-state index contributed by atoms with van der Waals surface area (Å²) in [7, 11) is 0. The summed E-state index contributed by atoms with van der Waals surface area (Å²) in [6, 6.07) is -0.243. The van der Waals surface area contributed by atoms with Crippen LogP contribution in [0, 0.1) is 5.92 Å². The summed E-state index contributed by atoms with van der Waals surface area (Å²) >= 11 is 1.50. The van der Waals surface area contributed by atoms with E-state index in [1.54, 1.807) is 6.92 Å². The molecule has 0 radical (unpaired) electrons. The van der Waals surface area contributed by atoms with Crippen LogP contribution in [0.5, 0.6) is 0 Å². The third kappa shape index (κ3) is 3.80. The molecule has 1 aliphatic carbocycles. The summed E-state index contributed by atoms with van der Waals surface area (Å²) in [6.45, 7) is 8.13. The van der Waals surface area contributed by atoms with Crippen molar-refractivity contribution in [2.45, 2.75) is 53.0 Å². The average molecular weight is 324 g/mol. The lowest BCUT2D eigenvalue weighted by Gasteiger charge is -2.18. The van der Waals surface area contributed by atoms with Gasteiger partial charge in [-0.25, -0.2) is 9.59 Å². The highest BCUT2D eigenvalue weighted by Gasteiger charge is 2.29. The number of esters is 1. The third-order valence-corrected chi connectivity index (χ3v) is 4.81. The van der Waals surface area contributed by atoms with Crippen molar-refractivity contribution in [3.8, 4) is 0 Å². The number of thiophene rings is 1. The van der Waals surface area contributed by atoms with Crippen molar-refractivity contribution in [2.24, 2.45) is 5.92 Å². The lowest BCUT2D eigenvalue weighted by atomic mass is 9.88. The number of anilines is 1. The second kappa shape index (κ2) is 7.13. The molecule has 22 heavy (non-hydrogen) atoms. The molecule has 5 nitrogen and oxygen atoms in total. The molecule has 1 atom stereocenters. The molecule has 0 spiro atoms. The Hall–Kier alpha value is -1.56. The predicted molar refractivity (Wildman–Crippen MR) is 88.8 cm³/mol. The van der Waals surface area contributed by atoms with E-state index in [0.29, 0.717) is 23.1 Å². The van der Waals surface area contributed by atoms with Crippen molar-refractivity contribution in [3.05, 3.63) is 16.0 Å². The van der Waals surface area contributed by atoms with Crippen LogP contribution in [0.15, 0.2) is 0 Å². The molecule has 0 saturated carbocycles. The van der Waals surface area contributed by atoms with E-state index in [1.807, 2.05) is 13.8 Å². The number of hydrogen-bond donors (Lipinski definition) is 2. The second-order valence-corrected chi connectivity index (χ2v) is 7.13. The summed E-state index contributed by atoms with van der Waals surface area (Å²) in [5.74, 6) is 0.271. The molecule has 1 aromatic heterocycles. The lowest BCUT2D eigenvalue weighted by molar-refractivity contribution is 0.0526. The summed E-state index contributed by atoms with van der Waals surface area (Å²) in [5.41, 5.74) is 1.61. The highest BCUT2D eigenvalue weighted by Crippen LogP contribution is 2.40.